The van der Waals surface area contributed by atoms with E-state index in [9.17, 15) is 9.90 Å². The Bertz CT molecular complexity index is 921. The Balaban J connectivity index is 2.08. The van der Waals surface area contributed by atoms with Crippen LogP contribution in [0.25, 0.3) is 5.65 Å². The summed E-state index contributed by atoms with van der Waals surface area (Å²) in [5.74, 6) is 0.211. The molecule has 0 radical (unpaired) electrons. The molecule has 0 aliphatic rings. The molecule has 0 unspecified atom stereocenters. The maximum atomic E-state index is 11.3. The molecule has 9 nitrogen and oxygen atoms in total. The summed E-state index contributed by atoms with van der Waals surface area (Å²) in [6.07, 6.45) is 4.10. The number of carboxylic acid groups (broad SMARTS) is 1. The highest BCUT2D eigenvalue weighted by molar-refractivity contribution is 5.94. The minimum absolute atomic E-state index is 0.00361. The zero-order valence-corrected chi connectivity index (χ0v) is 12.7. The fraction of sp³-hybridized carbons (Fsp3) is 0.0667. The van der Waals surface area contributed by atoms with Gasteiger partial charge < -0.3 is 20.5 Å². The highest BCUT2D eigenvalue weighted by Gasteiger charge is 2.16. The monoisotopic (exact) mass is 326 g/mol. The number of carbonyl (C=O) groups is 1. The molecule has 0 saturated heterocycles. The lowest BCUT2D eigenvalue weighted by Gasteiger charge is -2.11. The van der Waals surface area contributed by atoms with Gasteiger partial charge in [-0.3, -0.25) is 0 Å². The SMILES string of the molecule is C=COc1ncccc1Nc1cc(NC)n2ncc(C(=O)O)c2n1. The van der Waals surface area contributed by atoms with E-state index in [4.69, 9.17) is 4.74 Å². The topological polar surface area (TPSA) is 114 Å². The van der Waals surface area contributed by atoms with E-state index in [2.05, 4.69) is 32.3 Å². The van der Waals surface area contributed by atoms with Crippen LogP contribution in [0.3, 0.4) is 0 Å². The van der Waals surface area contributed by atoms with E-state index in [1.54, 1.807) is 31.4 Å². The van der Waals surface area contributed by atoms with Gasteiger partial charge in [-0.05, 0) is 12.1 Å². The van der Waals surface area contributed by atoms with Crippen LogP contribution in [-0.4, -0.2) is 37.7 Å². The Labute approximate surface area is 136 Å². The first-order valence-corrected chi connectivity index (χ1v) is 6.93. The lowest BCUT2D eigenvalue weighted by molar-refractivity contribution is 0.0699. The summed E-state index contributed by atoms with van der Waals surface area (Å²) in [6.45, 7) is 3.50. The van der Waals surface area contributed by atoms with Crippen LogP contribution in [0.15, 0.2) is 43.4 Å². The third kappa shape index (κ3) is 2.70. The second-order valence-corrected chi connectivity index (χ2v) is 4.64. The summed E-state index contributed by atoms with van der Waals surface area (Å²) in [4.78, 5) is 19.7. The summed E-state index contributed by atoms with van der Waals surface area (Å²) in [7, 11) is 1.71. The van der Waals surface area contributed by atoms with E-state index >= 15 is 0 Å². The molecule has 3 aromatic heterocycles. The van der Waals surface area contributed by atoms with Crippen molar-refractivity contribution in [1.82, 2.24) is 19.6 Å². The predicted molar refractivity (Wildman–Crippen MR) is 87.8 cm³/mol. The van der Waals surface area contributed by atoms with Crippen LogP contribution in [0.1, 0.15) is 10.4 Å². The lowest BCUT2D eigenvalue weighted by atomic mass is 10.3. The molecule has 0 bridgehead atoms. The maximum absolute atomic E-state index is 11.3. The number of fused-ring (bicyclic) bond motifs is 1. The number of hydrogen-bond acceptors (Lipinski definition) is 7. The van der Waals surface area contributed by atoms with E-state index < -0.39 is 5.97 Å². The molecule has 24 heavy (non-hydrogen) atoms. The molecule has 3 aromatic rings. The molecular weight excluding hydrogens is 312 g/mol. The van der Waals surface area contributed by atoms with Crippen LogP contribution >= 0.6 is 0 Å². The third-order valence-corrected chi connectivity index (χ3v) is 3.19. The Morgan fingerprint density at radius 2 is 2.33 bits per heavy atom. The van der Waals surface area contributed by atoms with Crippen molar-refractivity contribution < 1.29 is 14.6 Å². The summed E-state index contributed by atoms with van der Waals surface area (Å²) in [5, 5.41) is 19.3. The summed E-state index contributed by atoms with van der Waals surface area (Å²) >= 11 is 0. The molecule has 3 N–H and O–H groups in total. The second-order valence-electron chi connectivity index (χ2n) is 4.64. The number of nitrogens with one attached hydrogen (secondary N) is 2. The molecule has 122 valence electrons. The largest absolute Gasteiger partial charge is 0.477 e. The summed E-state index contributed by atoms with van der Waals surface area (Å²) in [6, 6.07) is 5.18. The fourth-order valence-corrected chi connectivity index (χ4v) is 2.15. The van der Waals surface area contributed by atoms with Crippen molar-refractivity contribution in [3.8, 4) is 5.88 Å². The molecule has 0 aromatic carbocycles. The van der Waals surface area contributed by atoms with Gasteiger partial charge in [-0.15, -0.1) is 0 Å². The normalized spacial score (nSPS) is 10.4. The number of ether oxygens (including phenoxy) is 1. The third-order valence-electron chi connectivity index (χ3n) is 3.19. The first kappa shape index (κ1) is 15.3. The number of aromatic carboxylic acids is 1. The molecule has 0 atom stereocenters. The van der Waals surface area contributed by atoms with Crippen LogP contribution in [-0.2, 0) is 0 Å². The minimum Gasteiger partial charge on any atom is -0.477 e. The molecule has 0 spiro atoms. The van der Waals surface area contributed by atoms with E-state index in [1.165, 1.54) is 17.0 Å². The van der Waals surface area contributed by atoms with Crippen LogP contribution in [0, 0.1) is 0 Å². The van der Waals surface area contributed by atoms with Crippen molar-refractivity contribution in [3.63, 3.8) is 0 Å². The number of pyridine rings is 1. The van der Waals surface area contributed by atoms with Crippen LogP contribution < -0.4 is 15.4 Å². The highest BCUT2D eigenvalue weighted by Crippen LogP contribution is 2.26. The van der Waals surface area contributed by atoms with Gasteiger partial charge in [-0.25, -0.2) is 14.8 Å². The molecule has 3 rings (SSSR count). The zero-order valence-electron chi connectivity index (χ0n) is 12.7. The van der Waals surface area contributed by atoms with Crippen molar-refractivity contribution >= 4 is 28.9 Å². The van der Waals surface area contributed by atoms with Gasteiger partial charge in [-0.1, -0.05) is 6.58 Å². The molecule has 0 saturated carbocycles. The average Bonchev–Trinajstić information content (AvgIpc) is 3.00. The molecule has 9 heteroatoms. The van der Waals surface area contributed by atoms with E-state index in [0.29, 0.717) is 23.2 Å². The average molecular weight is 326 g/mol. The molecular formula is C15H14N6O3. The van der Waals surface area contributed by atoms with Crippen molar-refractivity contribution in [2.24, 2.45) is 0 Å². The quantitative estimate of drug-likeness (QED) is 0.590. The number of anilines is 3. The van der Waals surface area contributed by atoms with E-state index in [0.717, 1.165) is 0 Å². The Hall–Kier alpha value is -3.62. The Morgan fingerprint density at radius 1 is 1.50 bits per heavy atom. The van der Waals surface area contributed by atoms with Gasteiger partial charge in [0.25, 0.3) is 0 Å². The minimum atomic E-state index is -1.10. The van der Waals surface area contributed by atoms with Gasteiger partial charge in [0.15, 0.2) is 5.65 Å². The Morgan fingerprint density at radius 3 is 3.04 bits per heavy atom. The molecule has 0 fully saturated rings. The van der Waals surface area contributed by atoms with Crippen molar-refractivity contribution in [3.05, 3.63) is 49.0 Å². The standard InChI is InChI=1S/C15H14N6O3/c1-3-24-14-10(5-4-6-17-14)19-11-7-12(16-2)21-13(20-11)9(8-18-21)15(22)23/h3-8,16H,1H2,2H3,(H,19,20)(H,22,23). The van der Waals surface area contributed by atoms with Crippen molar-refractivity contribution in [2.75, 3.05) is 17.7 Å². The van der Waals surface area contributed by atoms with Gasteiger partial charge in [0, 0.05) is 19.3 Å². The summed E-state index contributed by atoms with van der Waals surface area (Å²) in [5.41, 5.74) is 0.781. The second kappa shape index (κ2) is 6.24. The van der Waals surface area contributed by atoms with Crippen LogP contribution in [0.5, 0.6) is 5.88 Å². The highest BCUT2D eigenvalue weighted by atomic mass is 16.5. The van der Waals surface area contributed by atoms with Gasteiger partial charge in [0.2, 0.25) is 5.88 Å². The number of rotatable bonds is 6. The molecule has 0 aliphatic heterocycles. The lowest BCUT2D eigenvalue weighted by Crippen LogP contribution is -2.06. The van der Waals surface area contributed by atoms with Gasteiger partial charge in [0.1, 0.15) is 22.9 Å². The first-order valence-electron chi connectivity index (χ1n) is 6.93. The van der Waals surface area contributed by atoms with Gasteiger partial charge in [0.05, 0.1) is 12.5 Å². The number of aromatic nitrogens is 4. The van der Waals surface area contributed by atoms with E-state index in [1.807, 2.05) is 0 Å². The Kier molecular flexibility index (Phi) is 3.98. The zero-order chi connectivity index (χ0) is 17.1. The number of nitrogens with zero attached hydrogens (tertiary/aromatic N) is 4. The smallest absolute Gasteiger partial charge is 0.341 e. The fourth-order valence-electron chi connectivity index (χ4n) is 2.15. The van der Waals surface area contributed by atoms with Crippen molar-refractivity contribution in [1.29, 1.82) is 0 Å². The first-order chi connectivity index (χ1) is 11.6. The number of carboxylic acids is 1. The number of hydrogen-bond donors (Lipinski definition) is 3. The van der Waals surface area contributed by atoms with E-state index in [-0.39, 0.29) is 11.2 Å². The molecule has 3 heterocycles. The van der Waals surface area contributed by atoms with Gasteiger partial charge in [-0.2, -0.15) is 9.61 Å². The van der Waals surface area contributed by atoms with Crippen LogP contribution in [0.4, 0.5) is 17.3 Å². The molecule has 0 aliphatic carbocycles. The van der Waals surface area contributed by atoms with Crippen LogP contribution in [0.2, 0.25) is 0 Å². The summed E-state index contributed by atoms with van der Waals surface area (Å²) < 4.78 is 6.65. The molecule has 0 amide bonds. The maximum Gasteiger partial charge on any atom is 0.341 e. The van der Waals surface area contributed by atoms with Gasteiger partial charge >= 0.3 is 5.97 Å². The van der Waals surface area contributed by atoms with Crippen molar-refractivity contribution in [2.45, 2.75) is 0 Å². The predicted octanol–water partition coefficient (Wildman–Crippen LogP) is 2.13.